The smallest absolute Gasteiger partial charge is 0.203 e. The summed E-state index contributed by atoms with van der Waals surface area (Å²) in [5.41, 5.74) is 6.62. The maximum Gasteiger partial charge on any atom is 0.203 e. The molecule has 0 unspecified atom stereocenters. The van der Waals surface area contributed by atoms with Crippen LogP contribution in [0.25, 0.3) is 0 Å². The summed E-state index contributed by atoms with van der Waals surface area (Å²) < 4.78 is 22.1. The molecule has 0 bridgehead atoms. The van der Waals surface area contributed by atoms with Crippen LogP contribution in [-0.2, 0) is 11.3 Å². The van der Waals surface area contributed by atoms with Gasteiger partial charge in [-0.3, -0.25) is 0 Å². The van der Waals surface area contributed by atoms with Gasteiger partial charge in [-0.05, 0) is 30.5 Å². The number of hydrogen-bond acceptors (Lipinski definition) is 6. The third kappa shape index (κ3) is 4.73. The molecule has 1 aromatic rings. The normalized spacial score (nSPS) is 16.3. The zero-order valence-corrected chi connectivity index (χ0v) is 14.3. The zero-order chi connectivity index (χ0) is 16.7. The lowest BCUT2D eigenvalue weighted by molar-refractivity contribution is -0.00196. The van der Waals surface area contributed by atoms with Crippen molar-refractivity contribution >= 4 is 0 Å². The summed E-state index contributed by atoms with van der Waals surface area (Å²) in [6.07, 6.45) is 2.39. The standard InChI is InChI=1S/C17H28N2O4/c1-20-15-10-13(11-16(21-2)17(15)22-3)12-23-14-4-7-19(8-5-14)9-6-18/h10-11,14H,4-9,12,18H2,1-3H3. The largest absolute Gasteiger partial charge is 0.493 e. The zero-order valence-electron chi connectivity index (χ0n) is 14.3. The molecule has 2 rings (SSSR count). The van der Waals surface area contributed by atoms with Crippen LogP contribution in [0.15, 0.2) is 12.1 Å². The van der Waals surface area contributed by atoms with Crippen LogP contribution in [0.3, 0.4) is 0 Å². The molecule has 1 fully saturated rings. The van der Waals surface area contributed by atoms with E-state index in [1.54, 1.807) is 21.3 Å². The van der Waals surface area contributed by atoms with Crippen LogP contribution in [0.5, 0.6) is 17.2 Å². The minimum atomic E-state index is 0.295. The fraction of sp³-hybridized carbons (Fsp3) is 0.647. The van der Waals surface area contributed by atoms with Gasteiger partial charge in [-0.1, -0.05) is 0 Å². The highest BCUT2D eigenvalue weighted by atomic mass is 16.5. The monoisotopic (exact) mass is 324 g/mol. The van der Waals surface area contributed by atoms with Crippen molar-refractivity contribution < 1.29 is 18.9 Å². The van der Waals surface area contributed by atoms with Gasteiger partial charge in [0.2, 0.25) is 5.75 Å². The summed E-state index contributed by atoms with van der Waals surface area (Å²) in [6.45, 7) is 4.34. The molecule has 1 aromatic carbocycles. The molecule has 2 N–H and O–H groups in total. The van der Waals surface area contributed by atoms with Gasteiger partial charge < -0.3 is 29.6 Å². The topological polar surface area (TPSA) is 66.2 Å². The number of likely N-dealkylation sites (tertiary alicyclic amines) is 1. The Bertz CT molecular complexity index is 462. The average molecular weight is 324 g/mol. The summed E-state index contributed by atoms with van der Waals surface area (Å²) in [5.74, 6) is 1.92. The van der Waals surface area contributed by atoms with Crippen molar-refractivity contribution in [3.05, 3.63) is 17.7 Å². The molecule has 23 heavy (non-hydrogen) atoms. The quantitative estimate of drug-likeness (QED) is 0.784. The maximum absolute atomic E-state index is 6.06. The first-order valence-corrected chi connectivity index (χ1v) is 8.04. The van der Waals surface area contributed by atoms with Crippen molar-refractivity contribution in [2.24, 2.45) is 5.73 Å². The first-order chi connectivity index (χ1) is 11.2. The Balaban J connectivity index is 1.93. The van der Waals surface area contributed by atoms with Gasteiger partial charge in [-0.15, -0.1) is 0 Å². The van der Waals surface area contributed by atoms with Crippen LogP contribution in [0.2, 0.25) is 0 Å². The maximum atomic E-state index is 6.06. The summed E-state index contributed by atoms with van der Waals surface area (Å²) in [4.78, 5) is 2.39. The molecule has 0 aliphatic carbocycles. The Morgan fingerprint density at radius 2 is 1.65 bits per heavy atom. The highest BCUT2D eigenvalue weighted by Crippen LogP contribution is 2.38. The molecule has 0 aromatic heterocycles. The summed E-state index contributed by atoms with van der Waals surface area (Å²) >= 11 is 0. The third-order valence-corrected chi connectivity index (χ3v) is 4.19. The van der Waals surface area contributed by atoms with E-state index >= 15 is 0 Å². The minimum absolute atomic E-state index is 0.295. The van der Waals surface area contributed by atoms with Crippen LogP contribution in [0.4, 0.5) is 0 Å². The van der Waals surface area contributed by atoms with Crippen molar-refractivity contribution in [3.8, 4) is 17.2 Å². The first-order valence-electron chi connectivity index (χ1n) is 8.04. The van der Waals surface area contributed by atoms with Crippen molar-refractivity contribution in [1.82, 2.24) is 4.90 Å². The van der Waals surface area contributed by atoms with Crippen LogP contribution in [0, 0.1) is 0 Å². The SMILES string of the molecule is COc1cc(COC2CCN(CCN)CC2)cc(OC)c1OC. The van der Waals surface area contributed by atoms with E-state index in [-0.39, 0.29) is 0 Å². The number of methoxy groups -OCH3 is 3. The lowest BCUT2D eigenvalue weighted by Crippen LogP contribution is -2.39. The van der Waals surface area contributed by atoms with Gasteiger partial charge in [0.15, 0.2) is 11.5 Å². The van der Waals surface area contributed by atoms with Crippen LogP contribution >= 0.6 is 0 Å². The van der Waals surface area contributed by atoms with E-state index in [1.165, 1.54) is 0 Å². The predicted octanol–water partition coefficient (Wildman–Crippen LogP) is 1.65. The molecule has 0 spiro atoms. The molecule has 130 valence electrons. The van der Waals surface area contributed by atoms with Crippen LogP contribution < -0.4 is 19.9 Å². The van der Waals surface area contributed by atoms with Crippen LogP contribution in [-0.4, -0.2) is 58.5 Å². The second-order valence-electron chi connectivity index (χ2n) is 5.67. The van der Waals surface area contributed by atoms with Crippen molar-refractivity contribution in [2.45, 2.75) is 25.6 Å². The van der Waals surface area contributed by atoms with Gasteiger partial charge in [-0.25, -0.2) is 0 Å². The van der Waals surface area contributed by atoms with E-state index in [2.05, 4.69) is 4.90 Å². The number of ether oxygens (including phenoxy) is 4. The molecular formula is C17H28N2O4. The average Bonchev–Trinajstić information content (AvgIpc) is 2.60. The molecule has 1 aliphatic rings. The van der Waals surface area contributed by atoms with Crippen molar-refractivity contribution in [1.29, 1.82) is 0 Å². The molecule has 0 atom stereocenters. The lowest BCUT2D eigenvalue weighted by Gasteiger charge is -2.31. The molecule has 6 nitrogen and oxygen atoms in total. The minimum Gasteiger partial charge on any atom is -0.493 e. The highest BCUT2D eigenvalue weighted by molar-refractivity contribution is 5.53. The fourth-order valence-corrected chi connectivity index (χ4v) is 2.91. The number of rotatable bonds is 8. The molecule has 1 saturated heterocycles. The van der Waals surface area contributed by atoms with Gasteiger partial charge >= 0.3 is 0 Å². The highest BCUT2D eigenvalue weighted by Gasteiger charge is 2.20. The number of piperidine rings is 1. The summed E-state index contributed by atoms with van der Waals surface area (Å²) in [5, 5.41) is 0. The Hall–Kier alpha value is -1.50. The molecule has 1 aliphatic heterocycles. The van der Waals surface area contributed by atoms with Gasteiger partial charge in [-0.2, -0.15) is 0 Å². The van der Waals surface area contributed by atoms with E-state index in [1.807, 2.05) is 12.1 Å². The molecule has 0 radical (unpaired) electrons. The Kier molecular flexibility index (Phi) is 6.95. The van der Waals surface area contributed by atoms with Crippen molar-refractivity contribution in [2.75, 3.05) is 47.5 Å². The number of benzene rings is 1. The van der Waals surface area contributed by atoms with Crippen LogP contribution in [0.1, 0.15) is 18.4 Å². The van der Waals surface area contributed by atoms with Gasteiger partial charge in [0.1, 0.15) is 0 Å². The first kappa shape index (κ1) is 17.8. The molecule has 6 heteroatoms. The molecule has 0 saturated carbocycles. The van der Waals surface area contributed by atoms with E-state index in [4.69, 9.17) is 24.7 Å². The second-order valence-corrected chi connectivity index (χ2v) is 5.67. The molecule has 1 heterocycles. The van der Waals surface area contributed by atoms with Gasteiger partial charge in [0, 0.05) is 26.2 Å². The lowest BCUT2D eigenvalue weighted by atomic mass is 10.1. The number of nitrogens with two attached hydrogens (primary N) is 1. The summed E-state index contributed by atoms with van der Waals surface area (Å²) in [7, 11) is 4.84. The fourth-order valence-electron chi connectivity index (χ4n) is 2.91. The number of nitrogens with zero attached hydrogens (tertiary/aromatic N) is 1. The second kappa shape index (κ2) is 8.96. The Morgan fingerprint density at radius 1 is 1.04 bits per heavy atom. The van der Waals surface area contributed by atoms with Gasteiger partial charge in [0.25, 0.3) is 0 Å². The third-order valence-electron chi connectivity index (χ3n) is 4.19. The molecule has 0 amide bonds. The Labute approximate surface area is 138 Å². The summed E-state index contributed by atoms with van der Waals surface area (Å²) in [6, 6.07) is 3.87. The Morgan fingerprint density at radius 3 is 2.13 bits per heavy atom. The van der Waals surface area contributed by atoms with E-state index in [0.717, 1.165) is 44.6 Å². The number of hydrogen-bond donors (Lipinski definition) is 1. The van der Waals surface area contributed by atoms with E-state index in [0.29, 0.717) is 30.0 Å². The van der Waals surface area contributed by atoms with E-state index in [9.17, 15) is 0 Å². The molecular weight excluding hydrogens is 296 g/mol. The van der Waals surface area contributed by atoms with E-state index < -0.39 is 0 Å². The van der Waals surface area contributed by atoms with Crippen molar-refractivity contribution in [3.63, 3.8) is 0 Å². The predicted molar refractivity (Wildman–Crippen MR) is 89.4 cm³/mol. The van der Waals surface area contributed by atoms with Gasteiger partial charge in [0.05, 0.1) is 34.0 Å².